The van der Waals surface area contributed by atoms with E-state index in [0.717, 1.165) is 19.3 Å². The molecule has 0 spiro atoms. The molecule has 0 bridgehead atoms. The Morgan fingerprint density at radius 1 is 1.17 bits per heavy atom. The van der Waals surface area contributed by atoms with Gasteiger partial charge in [-0.25, -0.2) is 0 Å². The number of ether oxygens (including phenoxy) is 1. The van der Waals surface area contributed by atoms with E-state index in [-0.39, 0.29) is 35.2 Å². The van der Waals surface area contributed by atoms with Gasteiger partial charge in [0.1, 0.15) is 6.10 Å². The first kappa shape index (κ1) is 21.4. The minimum atomic E-state index is -1.23. The van der Waals surface area contributed by atoms with Crippen molar-refractivity contribution in [3.8, 4) is 12.1 Å². The Hall–Kier alpha value is -2.33. The molecule has 3 rings (SSSR count). The highest BCUT2D eigenvalue weighted by atomic mass is 16.5. The van der Waals surface area contributed by atoms with Crippen LogP contribution in [0, 0.1) is 57.7 Å². The lowest BCUT2D eigenvalue weighted by Gasteiger charge is -2.44. The van der Waals surface area contributed by atoms with E-state index in [1.807, 2.05) is 19.9 Å². The largest absolute Gasteiger partial charge is 0.462 e. The van der Waals surface area contributed by atoms with Crippen molar-refractivity contribution in [1.82, 2.24) is 0 Å². The zero-order valence-electron chi connectivity index (χ0n) is 18.2. The fourth-order valence-corrected chi connectivity index (χ4v) is 5.56. The van der Waals surface area contributed by atoms with Crippen LogP contribution in [0.5, 0.6) is 0 Å². The van der Waals surface area contributed by atoms with Gasteiger partial charge in [-0.05, 0) is 35.7 Å². The minimum absolute atomic E-state index is 0.0914. The summed E-state index contributed by atoms with van der Waals surface area (Å²) >= 11 is 0. The highest BCUT2D eigenvalue weighted by Crippen LogP contribution is 2.62. The summed E-state index contributed by atoms with van der Waals surface area (Å²) in [4.78, 5) is 13.1. The summed E-state index contributed by atoms with van der Waals surface area (Å²) in [5, 5.41) is 19.2. The summed E-state index contributed by atoms with van der Waals surface area (Å²) in [5.74, 6) is -0.442. The molecule has 4 heteroatoms. The monoisotopic (exact) mass is 392 g/mol. The molecule has 4 nitrogen and oxygen atoms in total. The third-order valence-corrected chi connectivity index (χ3v) is 7.37. The molecule has 29 heavy (non-hydrogen) atoms. The van der Waals surface area contributed by atoms with Crippen LogP contribution in [0.15, 0.2) is 30.3 Å². The van der Waals surface area contributed by atoms with E-state index in [0.29, 0.717) is 5.92 Å². The molecule has 2 fully saturated rings. The van der Waals surface area contributed by atoms with Crippen LogP contribution in [0.25, 0.3) is 0 Å². The maximum atomic E-state index is 13.1. The molecule has 0 amide bonds. The summed E-state index contributed by atoms with van der Waals surface area (Å²) in [7, 11) is 0. The molecule has 2 aliphatic rings. The fourth-order valence-electron chi connectivity index (χ4n) is 5.56. The predicted molar refractivity (Wildman–Crippen MR) is 111 cm³/mol. The van der Waals surface area contributed by atoms with Crippen LogP contribution in [-0.4, -0.2) is 12.1 Å². The number of rotatable bonds is 5. The first-order valence-corrected chi connectivity index (χ1v) is 10.8. The van der Waals surface area contributed by atoms with Crippen molar-refractivity contribution in [3.63, 3.8) is 0 Å². The Morgan fingerprint density at radius 2 is 1.79 bits per heavy atom. The molecule has 1 aromatic rings. The van der Waals surface area contributed by atoms with Gasteiger partial charge < -0.3 is 4.74 Å². The number of hydrogen-bond acceptors (Lipinski definition) is 4. The average Bonchev–Trinajstić information content (AvgIpc) is 3.39. The van der Waals surface area contributed by atoms with Crippen molar-refractivity contribution in [2.24, 2.45) is 35.0 Å². The number of carbonyl (C=O) groups excluding carboxylic acids is 1. The smallest absolute Gasteiger partial charge is 0.312 e. The third-order valence-electron chi connectivity index (χ3n) is 7.37. The van der Waals surface area contributed by atoms with Crippen LogP contribution in [0.3, 0.4) is 0 Å². The van der Waals surface area contributed by atoms with Crippen molar-refractivity contribution in [2.75, 3.05) is 0 Å². The van der Waals surface area contributed by atoms with Crippen molar-refractivity contribution in [3.05, 3.63) is 35.9 Å². The lowest BCUT2D eigenvalue weighted by molar-refractivity contribution is -0.159. The first-order chi connectivity index (χ1) is 13.7. The normalized spacial score (nSPS) is 30.8. The maximum absolute atomic E-state index is 13.1. The van der Waals surface area contributed by atoms with E-state index in [1.54, 1.807) is 0 Å². The molecule has 0 heterocycles. The number of esters is 1. The van der Waals surface area contributed by atoms with Crippen LogP contribution in [0.2, 0.25) is 0 Å². The van der Waals surface area contributed by atoms with E-state index in [9.17, 15) is 15.3 Å². The van der Waals surface area contributed by atoms with Gasteiger partial charge in [0, 0.05) is 11.8 Å². The topological polar surface area (TPSA) is 73.9 Å². The van der Waals surface area contributed by atoms with Gasteiger partial charge in [0.2, 0.25) is 0 Å². The summed E-state index contributed by atoms with van der Waals surface area (Å²) in [6.45, 7) is 10.6. The van der Waals surface area contributed by atoms with Crippen LogP contribution in [-0.2, 0) is 14.9 Å². The van der Waals surface area contributed by atoms with Crippen LogP contribution < -0.4 is 0 Å². The van der Waals surface area contributed by atoms with Crippen LogP contribution in [0.4, 0.5) is 0 Å². The van der Waals surface area contributed by atoms with Gasteiger partial charge in [-0.2, -0.15) is 10.5 Å². The highest BCUT2D eigenvalue weighted by Gasteiger charge is 2.72. The Labute approximate surface area is 174 Å². The second kappa shape index (κ2) is 7.83. The van der Waals surface area contributed by atoms with E-state index >= 15 is 0 Å². The molecule has 0 aliphatic heterocycles. The molecule has 1 aromatic carbocycles. The molecule has 0 unspecified atom stereocenters. The molecular weight excluding hydrogens is 360 g/mol. The summed E-state index contributed by atoms with van der Waals surface area (Å²) in [5.41, 5.74) is -0.110. The SMILES string of the molecule is CC(C)[C@@H]1[C@@H](C(=O)O[C@@H]2C[C@H](C)CC[C@H]2C(C)(C)c2ccccc2)C1(C#N)C#N. The van der Waals surface area contributed by atoms with Crippen LogP contribution >= 0.6 is 0 Å². The molecule has 2 aliphatic carbocycles. The summed E-state index contributed by atoms with van der Waals surface area (Å²) < 4.78 is 6.10. The van der Waals surface area contributed by atoms with Gasteiger partial charge in [-0.1, -0.05) is 71.4 Å². The maximum Gasteiger partial charge on any atom is 0.312 e. The highest BCUT2D eigenvalue weighted by molar-refractivity contribution is 5.80. The van der Waals surface area contributed by atoms with Crippen molar-refractivity contribution < 1.29 is 9.53 Å². The zero-order chi connectivity index (χ0) is 21.4. The average molecular weight is 393 g/mol. The van der Waals surface area contributed by atoms with Gasteiger partial charge >= 0.3 is 5.97 Å². The number of nitrogens with zero attached hydrogens (tertiary/aromatic N) is 2. The lowest BCUT2D eigenvalue weighted by Crippen LogP contribution is -2.43. The Morgan fingerprint density at radius 3 is 2.31 bits per heavy atom. The molecule has 0 radical (unpaired) electrons. The minimum Gasteiger partial charge on any atom is -0.462 e. The molecule has 2 saturated carbocycles. The van der Waals surface area contributed by atoms with Crippen molar-refractivity contribution in [1.29, 1.82) is 10.5 Å². The van der Waals surface area contributed by atoms with Gasteiger partial charge in [-0.15, -0.1) is 0 Å². The van der Waals surface area contributed by atoms with Gasteiger partial charge in [0.15, 0.2) is 5.41 Å². The molecule has 5 atom stereocenters. The molecule has 0 saturated heterocycles. The molecule has 0 aromatic heterocycles. The molecule has 154 valence electrons. The first-order valence-electron chi connectivity index (χ1n) is 10.8. The van der Waals surface area contributed by atoms with Gasteiger partial charge in [0.05, 0.1) is 18.1 Å². The van der Waals surface area contributed by atoms with E-state index in [4.69, 9.17) is 4.74 Å². The van der Waals surface area contributed by atoms with Crippen LogP contribution in [0.1, 0.15) is 59.4 Å². The van der Waals surface area contributed by atoms with Crippen molar-refractivity contribution >= 4 is 5.97 Å². The lowest BCUT2D eigenvalue weighted by atomic mass is 9.64. The zero-order valence-corrected chi connectivity index (χ0v) is 18.2. The number of hydrogen-bond donors (Lipinski definition) is 0. The van der Waals surface area contributed by atoms with Crippen molar-refractivity contribution in [2.45, 2.75) is 65.4 Å². The predicted octanol–water partition coefficient (Wildman–Crippen LogP) is 5.25. The second-order valence-electron chi connectivity index (χ2n) is 9.93. The quantitative estimate of drug-likeness (QED) is 0.642. The Kier molecular flexibility index (Phi) is 5.77. The van der Waals surface area contributed by atoms with E-state index < -0.39 is 11.3 Å². The number of benzene rings is 1. The molecule has 0 N–H and O–H groups in total. The van der Waals surface area contributed by atoms with Gasteiger partial charge in [0.25, 0.3) is 0 Å². The standard InChI is InChI=1S/C25H32N2O2/c1-16(2)21-22(25(21,14-26)15-27)23(28)29-20-13-17(3)11-12-19(20)24(4,5)18-9-7-6-8-10-18/h6-10,16-17,19-22H,11-13H2,1-5H3/t17-,19-,20-,21-,22+/m1/s1. The number of nitriles is 2. The fraction of sp³-hybridized carbons (Fsp3) is 0.640. The summed E-state index contributed by atoms with van der Waals surface area (Å²) in [6.07, 6.45) is 2.76. The second-order valence-corrected chi connectivity index (χ2v) is 9.93. The number of carbonyl (C=O) groups is 1. The molecular formula is C25H32N2O2. The van der Waals surface area contributed by atoms with Gasteiger partial charge in [-0.3, -0.25) is 4.79 Å². The van der Waals surface area contributed by atoms with E-state index in [1.165, 1.54) is 5.56 Å². The summed E-state index contributed by atoms with van der Waals surface area (Å²) in [6, 6.07) is 14.6. The Balaban J connectivity index is 1.83. The third kappa shape index (κ3) is 3.66. The van der Waals surface area contributed by atoms with E-state index in [2.05, 4.69) is 57.2 Å². The Bertz CT molecular complexity index is 817.